The van der Waals surface area contributed by atoms with Gasteiger partial charge in [-0.05, 0) is 42.0 Å². The zero-order valence-electron chi connectivity index (χ0n) is 14.4. The van der Waals surface area contributed by atoms with Crippen molar-refractivity contribution in [2.24, 2.45) is 10.7 Å². The van der Waals surface area contributed by atoms with Crippen molar-refractivity contribution in [3.8, 4) is 11.3 Å². The highest BCUT2D eigenvalue weighted by molar-refractivity contribution is 5.86. The number of nitro benzene ring substituents is 1. The number of allylic oxidation sites excluding steroid dienone is 1. The van der Waals surface area contributed by atoms with E-state index >= 15 is 0 Å². The molecule has 134 valence electrons. The van der Waals surface area contributed by atoms with Gasteiger partial charge in [-0.15, -0.1) is 0 Å². The molecule has 27 heavy (non-hydrogen) atoms. The Morgan fingerprint density at radius 1 is 1.19 bits per heavy atom. The maximum Gasteiger partial charge on any atom is 0.278 e. The Labute approximate surface area is 156 Å². The van der Waals surface area contributed by atoms with Gasteiger partial charge in [0.25, 0.3) is 5.69 Å². The summed E-state index contributed by atoms with van der Waals surface area (Å²) in [5.74, 6) is 0. The molecule has 0 saturated heterocycles. The molecule has 0 unspecified atom stereocenters. The van der Waals surface area contributed by atoms with E-state index < -0.39 is 4.92 Å². The van der Waals surface area contributed by atoms with Crippen molar-refractivity contribution in [2.45, 2.75) is 6.54 Å². The first kappa shape index (κ1) is 17.9. The van der Waals surface area contributed by atoms with Crippen LogP contribution in [0.5, 0.6) is 0 Å². The number of pyridine rings is 2. The van der Waals surface area contributed by atoms with Gasteiger partial charge >= 0.3 is 0 Å². The molecule has 0 bridgehead atoms. The third-order valence-electron chi connectivity index (χ3n) is 3.82. The highest BCUT2D eigenvalue weighted by Gasteiger charge is 2.16. The number of nitrogens with two attached hydrogens (primary N) is 1. The molecule has 0 aliphatic carbocycles. The Morgan fingerprint density at radius 2 is 2.07 bits per heavy atom. The first-order valence-corrected chi connectivity index (χ1v) is 8.20. The predicted molar refractivity (Wildman–Crippen MR) is 105 cm³/mol. The minimum Gasteiger partial charge on any atom is -0.398 e. The number of benzene rings is 1. The number of nitro groups is 1. The molecule has 2 heterocycles. The van der Waals surface area contributed by atoms with Crippen molar-refractivity contribution in [2.75, 3.05) is 0 Å². The summed E-state index contributed by atoms with van der Waals surface area (Å²) in [7, 11) is 0. The molecule has 0 amide bonds. The summed E-state index contributed by atoms with van der Waals surface area (Å²) in [4.78, 5) is 23.5. The van der Waals surface area contributed by atoms with E-state index in [2.05, 4.69) is 15.0 Å². The first-order chi connectivity index (χ1) is 13.1. The Balaban J connectivity index is 1.87. The molecule has 0 aliphatic heterocycles. The van der Waals surface area contributed by atoms with E-state index in [0.29, 0.717) is 17.8 Å². The van der Waals surface area contributed by atoms with Crippen molar-refractivity contribution in [1.29, 1.82) is 0 Å². The summed E-state index contributed by atoms with van der Waals surface area (Å²) in [5, 5.41) is 11.4. The minimum atomic E-state index is -0.453. The fraction of sp³-hybridized carbons (Fsp3) is 0.0500. The topological polar surface area (TPSA) is 107 Å². The fourth-order valence-electron chi connectivity index (χ4n) is 2.49. The van der Waals surface area contributed by atoms with Gasteiger partial charge in [0.2, 0.25) is 0 Å². The lowest BCUT2D eigenvalue weighted by Crippen LogP contribution is -2.02. The summed E-state index contributed by atoms with van der Waals surface area (Å²) < 4.78 is 0. The largest absolute Gasteiger partial charge is 0.398 e. The van der Waals surface area contributed by atoms with Gasteiger partial charge < -0.3 is 5.73 Å². The highest BCUT2D eigenvalue weighted by Crippen LogP contribution is 2.28. The molecule has 7 nitrogen and oxygen atoms in total. The van der Waals surface area contributed by atoms with Crippen LogP contribution in [-0.4, -0.2) is 21.1 Å². The summed E-state index contributed by atoms with van der Waals surface area (Å²) in [6.45, 7) is 0.452. The molecule has 7 heteroatoms. The average Bonchev–Trinajstić information content (AvgIpc) is 2.72. The molecular weight excluding hydrogens is 342 g/mol. The molecule has 0 radical (unpaired) electrons. The molecular formula is C20H17N5O2. The standard InChI is InChI=1S/C20H17N5O2/c21-18(8-11-23-14-15-4-3-9-22-13-15)17-12-16(6-7-20(17)25(26)27)19-5-1-2-10-24-19/h1-13H,14,21H2/b18-8-,23-11?. The van der Waals surface area contributed by atoms with Crippen molar-refractivity contribution in [3.63, 3.8) is 0 Å². The van der Waals surface area contributed by atoms with Gasteiger partial charge in [-0.3, -0.25) is 25.1 Å². The number of nitrogens with zero attached hydrogens (tertiary/aromatic N) is 4. The second kappa shape index (κ2) is 8.48. The molecule has 0 aliphatic rings. The van der Waals surface area contributed by atoms with Crippen LogP contribution in [0, 0.1) is 10.1 Å². The van der Waals surface area contributed by atoms with Crippen molar-refractivity contribution in [1.82, 2.24) is 9.97 Å². The van der Waals surface area contributed by atoms with Crippen LogP contribution in [-0.2, 0) is 6.54 Å². The lowest BCUT2D eigenvalue weighted by Gasteiger charge is -2.06. The van der Waals surface area contributed by atoms with E-state index in [0.717, 1.165) is 11.1 Å². The van der Waals surface area contributed by atoms with Crippen LogP contribution >= 0.6 is 0 Å². The molecule has 2 N–H and O–H groups in total. The Hall–Kier alpha value is -3.87. The van der Waals surface area contributed by atoms with Gasteiger partial charge in [0, 0.05) is 42.1 Å². The summed E-state index contributed by atoms with van der Waals surface area (Å²) >= 11 is 0. The zero-order chi connectivity index (χ0) is 19.1. The van der Waals surface area contributed by atoms with E-state index in [9.17, 15) is 10.1 Å². The van der Waals surface area contributed by atoms with E-state index in [-0.39, 0.29) is 11.4 Å². The predicted octanol–water partition coefficient (Wildman–Crippen LogP) is 3.62. The minimum absolute atomic E-state index is 0.0657. The van der Waals surface area contributed by atoms with E-state index in [1.807, 2.05) is 30.3 Å². The summed E-state index contributed by atoms with van der Waals surface area (Å²) in [6, 6.07) is 14.0. The van der Waals surface area contributed by atoms with Gasteiger partial charge in [0.05, 0.1) is 22.7 Å². The molecule has 0 spiro atoms. The Kier molecular flexibility index (Phi) is 5.64. The van der Waals surface area contributed by atoms with Crippen LogP contribution in [0.4, 0.5) is 5.69 Å². The third kappa shape index (κ3) is 4.60. The van der Waals surface area contributed by atoms with Gasteiger partial charge in [-0.2, -0.15) is 0 Å². The second-order valence-electron chi connectivity index (χ2n) is 5.68. The number of aliphatic imine (C=N–C) groups is 1. The van der Waals surface area contributed by atoms with Crippen LogP contribution in [0.2, 0.25) is 0 Å². The van der Waals surface area contributed by atoms with Gasteiger partial charge in [0.1, 0.15) is 0 Å². The molecule has 3 aromatic rings. The Bertz CT molecular complexity index is 986. The average molecular weight is 359 g/mol. The molecule has 2 aromatic heterocycles. The number of rotatable bonds is 6. The molecule has 0 saturated carbocycles. The van der Waals surface area contributed by atoms with E-state index in [1.54, 1.807) is 43.0 Å². The van der Waals surface area contributed by atoms with Crippen LogP contribution < -0.4 is 5.73 Å². The summed E-state index contributed by atoms with van der Waals surface area (Å²) in [5.41, 5.74) is 9.04. The Morgan fingerprint density at radius 3 is 2.78 bits per heavy atom. The molecule has 1 aromatic carbocycles. The quantitative estimate of drug-likeness (QED) is 0.411. The highest BCUT2D eigenvalue weighted by atomic mass is 16.6. The number of aromatic nitrogens is 2. The lowest BCUT2D eigenvalue weighted by molar-refractivity contribution is -0.385. The SMILES string of the molecule is N/C(=C\C=NCc1cccnc1)c1cc(-c2ccccn2)ccc1[N+](=O)[O-]. The maximum atomic E-state index is 11.4. The maximum absolute atomic E-state index is 11.4. The number of hydrogen-bond donors (Lipinski definition) is 1. The molecule has 3 rings (SSSR count). The monoisotopic (exact) mass is 359 g/mol. The van der Waals surface area contributed by atoms with Crippen LogP contribution in [0.15, 0.2) is 78.2 Å². The van der Waals surface area contributed by atoms with Crippen molar-refractivity contribution in [3.05, 3.63) is 94.4 Å². The number of hydrogen-bond acceptors (Lipinski definition) is 6. The molecule has 0 atom stereocenters. The van der Waals surface area contributed by atoms with Crippen LogP contribution in [0.3, 0.4) is 0 Å². The third-order valence-corrected chi connectivity index (χ3v) is 3.82. The zero-order valence-corrected chi connectivity index (χ0v) is 14.4. The lowest BCUT2D eigenvalue weighted by atomic mass is 10.0. The van der Waals surface area contributed by atoms with Gasteiger partial charge in [-0.1, -0.05) is 12.1 Å². The van der Waals surface area contributed by atoms with Gasteiger partial charge in [0.15, 0.2) is 0 Å². The van der Waals surface area contributed by atoms with Gasteiger partial charge in [-0.25, -0.2) is 0 Å². The first-order valence-electron chi connectivity index (χ1n) is 8.20. The normalized spacial score (nSPS) is 11.6. The van der Waals surface area contributed by atoms with Crippen molar-refractivity contribution < 1.29 is 4.92 Å². The van der Waals surface area contributed by atoms with E-state index in [1.165, 1.54) is 6.07 Å². The fourth-order valence-corrected chi connectivity index (χ4v) is 2.49. The van der Waals surface area contributed by atoms with E-state index in [4.69, 9.17) is 5.73 Å². The molecule has 0 fully saturated rings. The van der Waals surface area contributed by atoms with Crippen molar-refractivity contribution >= 4 is 17.6 Å². The second-order valence-corrected chi connectivity index (χ2v) is 5.68. The van der Waals surface area contributed by atoms with Crippen LogP contribution in [0.1, 0.15) is 11.1 Å². The van der Waals surface area contributed by atoms with Crippen LogP contribution in [0.25, 0.3) is 17.0 Å². The summed E-state index contributed by atoms with van der Waals surface area (Å²) in [6.07, 6.45) is 8.19. The smallest absolute Gasteiger partial charge is 0.278 e.